The highest BCUT2D eigenvalue weighted by Crippen LogP contribution is 2.61. The molecule has 4 amide bonds. The summed E-state index contributed by atoms with van der Waals surface area (Å²) in [5, 5.41) is 17.0. The van der Waals surface area contributed by atoms with Gasteiger partial charge in [-0.15, -0.1) is 0 Å². The van der Waals surface area contributed by atoms with Gasteiger partial charge in [-0.05, 0) is 131 Å². The second-order valence-electron chi connectivity index (χ2n) is 21.7. The largest absolute Gasteiger partial charge is 0.432 e. The van der Waals surface area contributed by atoms with E-state index in [1.54, 1.807) is 9.80 Å². The van der Waals surface area contributed by atoms with Crippen LogP contribution in [0.5, 0.6) is 0 Å². The van der Waals surface area contributed by atoms with Gasteiger partial charge in [0.1, 0.15) is 11.1 Å². The van der Waals surface area contributed by atoms with Gasteiger partial charge in [0.25, 0.3) is 17.7 Å². The number of aliphatic hydroxyl groups is 1. The quantitative estimate of drug-likeness (QED) is 0.0980. The van der Waals surface area contributed by atoms with Gasteiger partial charge < -0.3 is 44.9 Å². The molecule has 74 heavy (non-hydrogen) atoms. The minimum Gasteiger partial charge on any atom is -0.432 e. The van der Waals surface area contributed by atoms with Crippen LogP contribution >= 0.6 is 0 Å². The van der Waals surface area contributed by atoms with Crippen molar-refractivity contribution in [3.8, 4) is 0 Å². The molecule has 0 saturated carbocycles. The zero-order valence-corrected chi connectivity index (χ0v) is 43.7. The highest BCUT2D eigenvalue weighted by molar-refractivity contribution is 6.71. The Kier molecular flexibility index (Phi) is 13.3. The molecule has 5 aromatic carbocycles. The summed E-state index contributed by atoms with van der Waals surface area (Å²) in [5.41, 5.74) is 2.60. The Morgan fingerprint density at radius 1 is 0.676 bits per heavy atom. The van der Waals surface area contributed by atoms with Crippen LogP contribution in [-0.4, -0.2) is 117 Å². The SMILES string of the molecule is C[C@H]1[C@H]([Si](C)(C)O)[C@@H](CC(=O)N(CCO)Cc2ccccc2)O[C@]12C(=O)N(Cc1cccc(N3CN(c4ccccc4)C4(CCNCC4)C3=O)c1)c1ccc(N3CN(c4ccccc4)C4(CCNCC4)C3=O)cc12. The number of amides is 4. The number of nitrogens with zero attached hydrogens (tertiary/aromatic N) is 6. The van der Waals surface area contributed by atoms with E-state index in [-0.39, 0.29) is 56.3 Å². The summed E-state index contributed by atoms with van der Waals surface area (Å²) in [6.07, 6.45) is 1.66. The van der Waals surface area contributed by atoms with Crippen molar-refractivity contribution in [2.45, 2.75) is 93.5 Å². The fourth-order valence-corrected chi connectivity index (χ4v) is 16.0. The van der Waals surface area contributed by atoms with E-state index in [9.17, 15) is 19.5 Å². The lowest BCUT2D eigenvalue weighted by molar-refractivity contribution is -0.150. The average Bonchev–Trinajstić information content (AvgIpc) is 4.05. The number of carbonyl (C=O) groups excluding carboxylic acids is 4. The zero-order chi connectivity index (χ0) is 51.4. The Hall–Kier alpha value is -6.40. The Morgan fingerprint density at radius 2 is 1.19 bits per heavy atom. The maximum absolute atomic E-state index is 16.0. The third kappa shape index (κ3) is 8.39. The third-order valence-corrected chi connectivity index (χ3v) is 19.5. The number of benzene rings is 5. The van der Waals surface area contributed by atoms with E-state index in [1.165, 1.54) is 0 Å². The van der Waals surface area contributed by atoms with E-state index in [1.807, 2.05) is 151 Å². The van der Waals surface area contributed by atoms with Crippen LogP contribution in [0.2, 0.25) is 18.6 Å². The predicted molar refractivity (Wildman–Crippen MR) is 289 cm³/mol. The smallest absolute Gasteiger partial charge is 0.264 e. The van der Waals surface area contributed by atoms with Gasteiger partial charge >= 0.3 is 0 Å². The van der Waals surface area contributed by atoms with E-state index in [0.29, 0.717) is 69.0 Å². The van der Waals surface area contributed by atoms with Crippen LogP contribution in [0.1, 0.15) is 55.7 Å². The summed E-state index contributed by atoms with van der Waals surface area (Å²) in [4.78, 5) is 84.2. The van der Waals surface area contributed by atoms with Crippen LogP contribution in [0, 0.1) is 5.92 Å². The van der Waals surface area contributed by atoms with Crippen molar-refractivity contribution in [1.82, 2.24) is 15.5 Å². The van der Waals surface area contributed by atoms with E-state index in [2.05, 4.69) is 32.6 Å². The van der Waals surface area contributed by atoms with Crippen molar-refractivity contribution in [2.75, 3.05) is 77.2 Å². The molecule has 0 aliphatic carbocycles. The van der Waals surface area contributed by atoms with E-state index < -0.39 is 42.6 Å². The minimum absolute atomic E-state index is 0.00330. The van der Waals surface area contributed by atoms with E-state index in [0.717, 1.165) is 41.3 Å². The summed E-state index contributed by atoms with van der Waals surface area (Å²) in [6.45, 7) is 9.51. The van der Waals surface area contributed by atoms with Crippen LogP contribution in [0.3, 0.4) is 0 Å². The molecule has 16 heteroatoms. The topological polar surface area (TPSA) is 161 Å². The molecule has 6 heterocycles. The molecule has 4 N–H and O–H groups in total. The first kappa shape index (κ1) is 49.8. The summed E-state index contributed by atoms with van der Waals surface area (Å²) in [5.74, 6) is -1.11. The minimum atomic E-state index is -3.22. The molecule has 4 atom stereocenters. The number of hydrogen-bond acceptors (Lipinski definition) is 11. The van der Waals surface area contributed by atoms with Gasteiger partial charge in [-0.25, -0.2) is 0 Å². The monoisotopic (exact) mass is 1020 g/mol. The number of ether oxygens (including phenoxy) is 1. The molecule has 5 fully saturated rings. The molecular weight excluding hydrogens is 949 g/mol. The van der Waals surface area contributed by atoms with Crippen molar-refractivity contribution >= 4 is 60.4 Å². The average molecular weight is 1020 g/mol. The second-order valence-corrected chi connectivity index (χ2v) is 25.7. The van der Waals surface area contributed by atoms with Gasteiger partial charge in [0.15, 0.2) is 13.9 Å². The van der Waals surface area contributed by atoms with Crippen molar-refractivity contribution in [1.29, 1.82) is 0 Å². The molecule has 6 aliphatic heterocycles. The molecule has 0 aromatic heterocycles. The van der Waals surface area contributed by atoms with Gasteiger partial charge in [-0.3, -0.25) is 29.0 Å². The Balaban J connectivity index is 0.974. The zero-order valence-electron chi connectivity index (χ0n) is 42.7. The Labute approximate surface area is 434 Å². The van der Waals surface area contributed by atoms with Crippen LogP contribution in [0.15, 0.2) is 133 Å². The molecule has 0 bridgehead atoms. The van der Waals surface area contributed by atoms with Crippen LogP contribution in [0.25, 0.3) is 0 Å². The van der Waals surface area contributed by atoms with Gasteiger partial charge in [-0.1, -0.05) is 85.8 Å². The number of fused-ring (bicyclic) bond motifs is 2. The van der Waals surface area contributed by atoms with Crippen LogP contribution < -0.4 is 35.1 Å². The van der Waals surface area contributed by atoms with Crippen molar-refractivity contribution in [2.24, 2.45) is 5.92 Å². The van der Waals surface area contributed by atoms with E-state index in [4.69, 9.17) is 4.74 Å². The molecule has 15 nitrogen and oxygen atoms in total. The van der Waals surface area contributed by atoms with Gasteiger partial charge in [0.05, 0.1) is 44.7 Å². The summed E-state index contributed by atoms with van der Waals surface area (Å²) in [7, 11) is -3.22. The molecule has 5 aromatic rings. The summed E-state index contributed by atoms with van der Waals surface area (Å²) >= 11 is 0. The Bertz CT molecular complexity index is 2900. The molecule has 6 aliphatic rings. The number of hydrogen-bond donors (Lipinski definition) is 4. The van der Waals surface area contributed by atoms with Gasteiger partial charge in [0, 0.05) is 52.9 Å². The van der Waals surface area contributed by atoms with Gasteiger partial charge in [-0.2, -0.15) is 0 Å². The number of nitrogens with one attached hydrogen (secondary N) is 2. The maximum atomic E-state index is 16.0. The highest BCUT2D eigenvalue weighted by atomic mass is 28.4. The Morgan fingerprint density at radius 3 is 1.73 bits per heavy atom. The number of piperidine rings is 2. The number of carbonyl (C=O) groups is 4. The summed E-state index contributed by atoms with van der Waals surface area (Å²) < 4.78 is 7.29. The molecule has 5 saturated heterocycles. The molecule has 0 unspecified atom stereocenters. The van der Waals surface area contributed by atoms with Gasteiger partial charge in [0.2, 0.25) is 5.91 Å². The third-order valence-electron chi connectivity index (χ3n) is 17.0. The number of rotatable bonds is 13. The standard InChI is InChI=1S/C58H68N8O7Si/c1-41-52(74(2,3)72)50(36-51(68)61(32-33-67)37-42-14-7-4-8-15-42)73-58(41)48-35-47(64-40-66(45-19-11-6-12-20-45)57(54(64)70)26-30-60-31-27-57)22-23-49(48)62(55(58)71)38-43-16-13-21-46(34-43)63-39-65(44-17-9-5-10-18-44)56(53(63)69)24-28-59-29-25-56/h4-23,34-35,41,50,52,59-60,67,72H,24-33,36-40H2,1-3H3/t41-,50+,52-,58+/m0/s1. The highest BCUT2D eigenvalue weighted by Gasteiger charge is 2.67. The molecule has 0 radical (unpaired) electrons. The first-order chi connectivity index (χ1) is 35.8. The summed E-state index contributed by atoms with van der Waals surface area (Å²) in [6, 6.07) is 43.5. The van der Waals surface area contributed by atoms with Crippen molar-refractivity contribution in [3.63, 3.8) is 0 Å². The molecular formula is C58H68N8O7Si. The fourth-order valence-electron chi connectivity index (χ4n) is 13.4. The first-order valence-electron chi connectivity index (χ1n) is 26.4. The molecule has 3 spiro atoms. The van der Waals surface area contributed by atoms with Crippen LogP contribution in [-0.2, 0) is 42.6 Å². The molecule has 11 rings (SSSR count). The number of para-hydroxylation sites is 2. The number of aliphatic hydroxyl groups excluding tert-OH is 1. The van der Waals surface area contributed by atoms with Crippen LogP contribution in [0.4, 0.5) is 28.4 Å². The fraction of sp³-hybridized carbons (Fsp3) is 0.414. The lowest BCUT2D eigenvalue weighted by atomic mass is 9.82. The predicted octanol–water partition coefficient (Wildman–Crippen LogP) is 6.31. The maximum Gasteiger partial charge on any atom is 0.264 e. The second kappa shape index (κ2) is 19.7. The van der Waals surface area contributed by atoms with Crippen molar-refractivity contribution < 1.29 is 33.8 Å². The first-order valence-corrected chi connectivity index (χ1v) is 29.4. The normalized spacial score (nSPS) is 24.3. The van der Waals surface area contributed by atoms with Crippen molar-refractivity contribution in [3.05, 3.63) is 150 Å². The van der Waals surface area contributed by atoms with E-state index >= 15 is 9.59 Å². The lowest BCUT2D eigenvalue weighted by Gasteiger charge is -2.39. The lowest BCUT2D eigenvalue weighted by Crippen LogP contribution is -2.55. The number of anilines is 5. The molecule has 386 valence electrons.